The highest BCUT2D eigenvalue weighted by atomic mass is 32.2. The van der Waals surface area contributed by atoms with Crippen LogP contribution in [0.2, 0.25) is 0 Å². The molecule has 1 atom stereocenters. The maximum atomic E-state index is 13.7. The summed E-state index contributed by atoms with van der Waals surface area (Å²) in [6.45, 7) is 0.768. The summed E-state index contributed by atoms with van der Waals surface area (Å²) in [5.74, 6) is -0.279. The second-order valence-electron chi connectivity index (χ2n) is 10.6. The molecule has 1 fully saturated rings. The molecule has 0 spiro atoms. The van der Waals surface area contributed by atoms with Gasteiger partial charge in [0.2, 0.25) is 15.9 Å². The lowest BCUT2D eigenvalue weighted by Crippen LogP contribution is -2.38. The summed E-state index contributed by atoms with van der Waals surface area (Å²) < 4.78 is 31.1. The van der Waals surface area contributed by atoms with Gasteiger partial charge in [0.1, 0.15) is 5.01 Å². The Morgan fingerprint density at radius 3 is 2.55 bits per heavy atom. The van der Waals surface area contributed by atoms with Crippen molar-refractivity contribution < 1.29 is 28.3 Å². The molecule has 0 aliphatic carbocycles. The van der Waals surface area contributed by atoms with Crippen molar-refractivity contribution in [3.63, 3.8) is 0 Å². The minimum Gasteiger partial charge on any atom is -0.465 e. The van der Waals surface area contributed by atoms with E-state index in [9.17, 15) is 18.0 Å². The Bertz CT molecular complexity index is 1770. The average molecular weight is 637 g/mol. The monoisotopic (exact) mass is 636 g/mol. The Balaban J connectivity index is 1.34. The fraction of sp³-hybridized carbons (Fsp3) is 0.267. The number of fused-ring (bicyclic) bond motifs is 1. The number of piperidine rings is 1. The van der Waals surface area contributed by atoms with E-state index in [2.05, 4.69) is 15.2 Å². The molecule has 2 heterocycles. The van der Waals surface area contributed by atoms with Crippen LogP contribution in [0.5, 0.6) is 0 Å². The maximum Gasteiger partial charge on any atom is 0.407 e. The molecule has 1 aliphatic rings. The van der Waals surface area contributed by atoms with Crippen LogP contribution in [0, 0.1) is 5.92 Å². The Kier molecular flexibility index (Phi) is 9.42. The van der Waals surface area contributed by atoms with Crippen molar-refractivity contribution in [3.8, 4) is 0 Å². The van der Waals surface area contributed by atoms with Gasteiger partial charge in [0.25, 0.3) is 0 Å². The van der Waals surface area contributed by atoms with E-state index in [4.69, 9.17) is 21.0 Å². The summed E-state index contributed by atoms with van der Waals surface area (Å²) in [5, 5.41) is 24.6. The number of nitrogens with one attached hydrogen (secondary N) is 2. The Morgan fingerprint density at radius 1 is 1.07 bits per heavy atom. The number of anilines is 1. The minimum atomic E-state index is -4.08. The predicted molar refractivity (Wildman–Crippen MR) is 167 cm³/mol. The molecule has 0 saturated carbocycles. The number of sulfonamides is 1. The second kappa shape index (κ2) is 13.4. The molecule has 1 aromatic heterocycles. The van der Waals surface area contributed by atoms with Gasteiger partial charge < -0.3 is 26.3 Å². The van der Waals surface area contributed by atoms with Crippen molar-refractivity contribution in [3.05, 3.63) is 88.9 Å². The lowest BCUT2D eigenvalue weighted by Gasteiger charge is -2.29. The molecule has 12 nitrogen and oxygen atoms in total. The summed E-state index contributed by atoms with van der Waals surface area (Å²) >= 11 is 1.39. The molecular formula is C30H32N6O6S2. The number of para-hydroxylation sites is 1. The normalized spacial score (nSPS) is 15.3. The Morgan fingerprint density at radius 2 is 1.82 bits per heavy atom. The molecule has 1 aliphatic heterocycles. The van der Waals surface area contributed by atoms with Crippen LogP contribution in [0.4, 0.5) is 10.5 Å². The molecule has 44 heavy (non-hydrogen) atoms. The van der Waals surface area contributed by atoms with E-state index >= 15 is 0 Å². The van der Waals surface area contributed by atoms with Crippen molar-refractivity contribution in [2.45, 2.75) is 36.6 Å². The first-order valence-corrected chi connectivity index (χ1v) is 16.2. The van der Waals surface area contributed by atoms with Gasteiger partial charge in [-0.15, -0.1) is 11.3 Å². The van der Waals surface area contributed by atoms with Gasteiger partial charge in [-0.25, -0.2) is 22.9 Å². The van der Waals surface area contributed by atoms with Crippen molar-refractivity contribution in [2.75, 3.05) is 18.4 Å². The van der Waals surface area contributed by atoms with Crippen molar-refractivity contribution in [1.29, 1.82) is 0 Å². The standard InChI is InChI=1S/C30H32N6O6S2/c31-28(34-40)21-6-3-5-20(15-21)16-25(29-33-24-9-1-2-10-26(24)43-29)35-44(41,42)23-8-4-7-22(18-23)32-27(37)17-19-11-13-36(14-12-19)30(38)39/h1-10,15,18-19,25,35,40H,11-14,16-17H2,(H2,31,34)(H,32,37)(H,38,39). The molecule has 3 aromatic carbocycles. The Hall–Kier alpha value is -4.53. The van der Waals surface area contributed by atoms with Crippen molar-refractivity contribution in [2.24, 2.45) is 16.8 Å². The molecule has 1 saturated heterocycles. The molecule has 0 bridgehead atoms. The molecule has 5 rings (SSSR count). The van der Waals surface area contributed by atoms with Crippen molar-refractivity contribution >= 4 is 55.1 Å². The number of carboxylic acid groups (broad SMARTS) is 1. The van der Waals surface area contributed by atoms with E-state index in [1.165, 1.54) is 28.4 Å². The zero-order valence-corrected chi connectivity index (χ0v) is 25.2. The fourth-order valence-corrected chi connectivity index (χ4v) is 7.51. The zero-order valence-electron chi connectivity index (χ0n) is 23.6. The van der Waals surface area contributed by atoms with Crippen LogP contribution in [0.1, 0.15) is 41.4 Å². The van der Waals surface area contributed by atoms with Gasteiger partial charge in [-0.1, -0.05) is 41.6 Å². The van der Waals surface area contributed by atoms with E-state index in [0.29, 0.717) is 42.2 Å². The van der Waals surface area contributed by atoms with Crippen LogP contribution < -0.4 is 15.8 Å². The number of carbonyl (C=O) groups is 2. The van der Waals surface area contributed by atoms with E-state index < -0.39 is 22.2 Å². The third kappa shape index (κ3) is 7.51. The SMILES string of the molecule is NC(=NO)c1cccc(CC(NS(=O)(=O)c2cccc(NC(=O)CC3CCN(C(=O)O)CC3)c2)c2nc3ccccc3s2)c1. The predicted octanol–water partition coefficient (Wildman–Crippen LogP) is 4.37. The van der Waals surface area contributed by atoms with Crippen LogP contribution in [0.15, 0.2) is 82.8 Å². The Labute approximate surface area is 258 Å². The average Bonchev–Trinajstić information content (AvgIpc) is 3.45. The fourth-order valence-electron chi connectivity index (χ4n) is 5.17. The van der Waals surface area contributed by atoms with Gasteiger partial charge in [0, 0.05) is 30.8 Å². The summed E-state index contributed by atoms with van der Waals surface area (Å²) in [7, 11) is -4.08. The molecule has 14 heteroatoms. The summed E-state index contributed by atoms with van der Waals surface area (Å²) in [5.41, 5.74) is 8.10. The van der Waals surface area contributed by atoms with Crippen LogP contribution in [-0.4, -0.2) is 59.5 Å². The first-order valence-electron chi connectivity index (χ1n) is 13.9. The summed E-state index contributed by atoms with van der Waals surface area (Å²) in [6.07, 6.45) is 0.677. The quantitative estimate of drug-likeness (QED) is 0.0734. The van der Waals surface area contributed by atoms with E-state index in [-0.39, 0.29) is 35.4 Å². The third-order valence-corrected chi connectivity index (χ3v) is 10.1. The van der Waals surface area contributed by atoms with Crippen LogP contribution in [0.25, 0.3) is 10.2 Å². The molecule has 2 amide bonds. The first kappa shape index (κ1) is 30.9. The molecule has 1 unspecified atom stereocenters. The second-order valence-corrected chi connectivity index (χ2v) is 13.4. The number of nitrogens with zero attached hydrogens (tertiary/aromatic N) is 3. The number of hydrogen-bond donors (Lipinski definition) is 5. The number of benzene rings is 3. The van der Waals surface area contributed by atoms with Crippen molar-refractivity contribution in [1.82, 2.24) is 14.6 Å². The van der Waals surface area contributed by atoms with Gasteiger partial charge >= 0.3 is 6.09 Å². The molecule has 0 radical (unpaired) electrons. The molecule has 230 valence electrons. The highest BCUT2D eigenvalue weighted by Crippen LogP contribution is 2.30. The van der Waals surface area contributed by atoms with Gasteiger partial charge in [-0.3, -0.25) is 4.79 Å². The number of likely N-dealkylation sites (tertiary alicyclic amines) is 1. The largest absolute Gasteiger partial charge is 0.465 e. The topological polar surface area (TPSA) is 187 Å². The number of amidine groups is 1. The third-order valence-electron chi connectivity index (χ3n) is 7.46. The van der Waals surface area contributed by atoms with Gasteiger partial charge in [0.05, 0.1) is 21.2 Å². The smallest absolute Gasteiger partial charge is 0.407 e. The van der Waals surface area contributed by atoms with E-state index in [1.54, 1.807) is 30.3 Å². The summed E-state index contributed by atoms with van der Waals surface area (Å²) in [6, 6.07) is 19.8. The number of rotatable bonds is 10. The number of hydrogen-bond acceptors (Lipinski definition) is 8. The van der Waals surface area contributed by atoms with Gasteiger partial charge in [-0.2, -0.15) is 0 Å². The zero-order chi connectivity index (χ0) is 31.3. The van der Waals surface area contributed by atoms with Gasteiger partial charge in [-0.05, 0) is 67.1 Å². The molecule has 4 aromatic rings. The van der Waals surface area contributed by atoms with E-state index in [0.717, 1.165) is 15.8 Å². The lowest BCUT2D eigenvalue weighted by molar-refractivity contribution is -0.117. The van der Waals surface area contributed by atoms with Gasteiger partial charge in [0.15, 0.2) is 5.84 Å². The molecule has 6 N–H and O–H groups in total. The number of nitrogens with two attached hydrogens (primary N) is 1. The van der Waals surface area contributed by atoms with Crippen LogP contribution in [0.3, 0.4) is 0 Å². The number of oxime groups is 1. The molecular weight excluding hydrogens is 605 g/mol. The van der Waals surface area contributed by atoms with Crippen LogP contribution in [-0.2, 0) is 21.2 Å². The highest BCUT2D eigenvalue weighted by molar-refractivity contribution is 7.89. The lowest BCUT2D eigenvalue weighted by atomic mass is 9.93. The first-order chi connectivity index (χ1) is 21.1. The number of thiazole rings is 1. The minimum absolute atomic E-state index is 0.0263. The highest BCUT2D eigenvalue weighted by Gasteiger charge is 2.26. The number of carbonyl (C=O) groups excluding carboxylic acids is 1. The van der Waals surface area contributed by atoms with Crippen LogP contribution >= 0.6 is 11.3 Å². The number of aromatic nitrogens is 1. The summed E-state index contributed by atoms with van der Waals surface area (Å²) in [4.78, 5) is 29.9. The maximum absolute atomic E-state index is 13.7. The number of amides is 2. The van der Waals surface area contributed by atoms with E-state index in [1.807, 2.05) is 30.3 Å².